The molecule has 0 amide bonds. The summed E-state index contributed by atoms with van der Waals surface area (Å²) >= 11 is 1.84. The molecule has 8 aromatic carbocycles. The topological polar surface area (TPSA) is 9.72 Å². The van der Waals surface area contributed by atoms with Crippen molar-refractivity contribution >= 4 is 88.3 Å². The molecule has 9 rings (SSSR count). The van der Waals surface area contributed by atoms with Gasteiger partial charge in [-0.25, -0.2) is 0 Å². The van der Waals surface area contributed by atoms with E-state index >= 15 is 0 Å². The molecule has 0 bridgehead atoms. The molecule has 59 heavy (non-hydrogen) atoms. The van der Waals surface area contributed by atoms with Crippen molar-refractivity contribution in [1.29, 1.82) is 0 Å². The molecule has 0 unspecified atom stereocenters. The first kappa shape index (κ1) is 37.2. The predicted molar refractivity (Wildman–Crippen MR) is 256 cm³/mol. The molecule has 4 heteroatoms. The second kappa shape index (κ2) is 17.0. The van der Waals surface area contributed by atoms with Gasteiger partial charge in [0.05, 0.1) is 0 Å². The summed E-state index contributed by atoms with van der Waals surface area (Å²) in [7, 11) is 0. The van der Waals surface area contributed by atoms with Crippen LogP contribution in [-0.2, 0) is 0 Å². The molecule has 0 aliphatic rings. The molecule has 0 N–H and O–H groups in total. The van der Waals surface area contributed by atoms with Crippen LogP contribution in [0.4, 0.5) is 51.2 Å². The summed E-state index contributed by atoms with van der Waals surface area (Å²) in [6, 6.07) is 73.8. The number of fused-ring (bicyclic) bond motifs is 3. The Morgan fingerprint density at radius 2 is 0.763 bits per heavy atom. The van der Waals surface area contributed by atoms with Gasteiger partial charge in [-0.1, -0.05) is 134 Å². The number of hydrogen-bond donors (Lipinski definition) is 0. The third-order valence-electron chi connectivity index (χ3n) is 10.5. The summed E-state index contributed by atoms with van der Waals surface area (Å²) < 4.78 is 2.48. The van der Waals surface area contributed by atoms with Crippen molar-refractivity contribution in [3.8, 4) is 0 Å². The second-order valence-electron chi connectivity index (χ2n) is 14.4. The zero-order valence-corrected chi connectivity index (χ0v) is 33.7. The Hall–Kier alpha value is -7.40. The van der Waals surface area contributed by atoms with Gasteiger partial charge in [0.25, 0.3) is 0 Å². The fourth-order valence-electron chi connectivity index (χ4n) is 7.72. The molecule has 0 spiro atoms. The molecule has 9 aromatic rings. The number of hydrogen-bond acceptors (Lipinski definition) is 4. The fourth-order valence-corrected chi connectivity index (χ4v) is 8.89. The Labute approximate surface area is 351 Å². The van der Waals surface area contributed by atoms with Gasteiger partial charge in [0.1, 0.15) is 0 Å². The number of nitrogens with zero attached hydrogens (tertiary/aromatic N) is 3. The smallest absolute Gasteiger partial charge is 0.0482 e. The average Bonchev–Trinajstić information content (AvgIpc) is 3.66. The fraction of sp³-hybridized carbons (Fsp3) is 0.0182. The summed E-state index contributed by atoms with van der Waals surface area (Å²) in [5.41, 5.74) is 12.2. The van der Waals surface area contributed by atoms with Gasteiger partial charge in [0.2, 0.25) is 0 Å². The Morgan fingerprint density at radius 1 is 0.390 bits per heavy atom. The third kappa shape index (κ3) is 7.82. The van der Waals surface area contributed by atoms with E-state index in [4.69, 9.17) is 0 Å². The minimum absolute atomic E-state index is 1.06. The van der Waals surface area contributed by atoms with E-state index in [9.17, 15) is 0 Å². The van der Waals surface area contributed by atoms with Crippen LogP contribution in [0.5, 0.6) is 0 Å². The van der Waals surface area contributed by atoms with E-state index in [-0.39, 0.29) is 0 Å². The molecule has 1 heterocycles. The molecule has 284 valence electrons. The Balaban J connectivity index is 1.18. The molecular weight excluding hydrogens is 735 g/mol. The number of para-hydroxylation sites is 4. The van der Waals surface area contributed by atoms with E-state index < -0.39 is 0 Å². The molecule has 0 saturated heterocycles. The largest absolute Gasteiger partial charge is 0.310 e. The molecule has 0 saturated carbocycles. The molecule has 0 fully saturated rings. The Kier molecular flexibility index (Phi) is 10.7. The zero-order chi connectivity index (χ0) is 40.0. The number of allylic oxidation sites excluding steroid dienone is 5. The van der Waals surface area contributed by atoms with E-state index in [1.165, 1.54) is 25.7 Å². The molecule has 0 aliphatic heterocycles. The Bertz CT molecular complexity index is 2840. The lowest BCUT2D eigenvalue weighted by Crippen LogP contribution is -2.13. The molecule has 1 aromatic heterocycles. The minimum atomic E-state index is 1.06. The van der Waals surface area contributed by atoms with E-state index in [2.05, 4.69) is 241 Å². The van der Waals surface area contributed by atoms with E-state index in [1.54, 1.807) is 6.08 Å². The van der Waals surface area contributed by atoms with Crippen LogP contribution in [-0.4, -0.2) is 0 Å². The van der Waals surface area contributed by atoms with Gasteiger partial charge in [0.15, 0.2) is 0 Å². The maximum atomic E-state index is 3.84. The molecule has 0 radical (unpaired) electrons. The van der Waals surface area contributed by atoms with Gasteiger partial charge in [-0.15, -0.1) is 11.3 Å². The van der Waals surface area contributed by atoms with Gasteiger partial charge < -0.3 is 14.7 Å². The highest BCUT2D eigenvalue weighted by Gasteiger charge is 2.20. The predicted octanol–water partition coefficient (Wildman–Crippen LogP) is 16.6. The van der Waals surface area contributed by atoms with Gasteiger partial charge in [-0.05, 0) is 121 Å². The average molecular weight is 778 g/mol. The van der Waals surface area contributed by atoms with Gasteiger partial charge >= 0.3 is 0 Å². The van der Waals surface area contributed by atoms with Crippen molar-refractivity contribution in [1.82, 2.24) is 0 Å². The number of benzene rings is 8. The van der Waals surface area contributed by atoms with Gasteiger partial charge in [-0.3, -0.25) is 0 Å². The van der Waals surface area contributed by atoms with Crippen LogP contribution >= 0.6 is 11.3 Å². The van der Waals surface area contributed by atoms with Crippen LogP contribution in [0.15, 0.2) is 237 Å². The van der Waals surface area contributed by atoms with Crippen molar-refractivity contribution in [3.63, 3.8) is 0 Å². The van der Waals surface area contributed by atoms with Crippen molar-refractivity contribution in [2.45, 2.75) is 6.92 Å². The van der Waals surface area contributed by atoms with Crippen LogP contribution < -0.4 is 14.7 Å². The normalized spacial score (nSPS) is 11.6. The lowest BCUT2D eigenvalue weighted by molar-refractivity contribution is 1.25. The molecule has 0 atom stereocenters. The lowest BCUT2D eigenvalue weighted by Gasteiger charge is -2.29. The summed E-state index contributed by atoms with van der Waals surface area (Å²) in [4.78, 5) is 7.03. The number of rotatable bonds is 12. The first-order valence-corrected chi connectivity index (χ1v) is 20.7. The summed E-state index contributed by atoms with van der Waals surface area (Å²) in [5.74, 6) is 0. The quantitative estimate of drug-likeness (QED) is 0.114. The first-order valence-electron chi connectivity index (χ1n) is 19.9. The highest BCUT2D eigenvalue weighted by Crippen LogP contribution is 2.45. The summed E-state index contributed by atoms with van der Waals surface area (Å²) in [6.45, 7) is 5.99. The van der Waals surface area contributed by atoms with Crippen LogP contribution in [0.2, 0.25) is 0 Å². The Morgan fingerprint density at radius 3 is 1.20 bits per heavy atom. The standard InChI is InChI=1S/C55H43N3S/c1-3-4-9-20-41(2)42-21-18-30-47(37-42)58(49-32-19-31-48(38-49)56(43-22-10-5-11-23-43)44-24-12-6-13-25-44)51-34-36-53-52-35-33-50(39-54(52)59-55(53)40-51)57(45-26-14-7-15-27-45)46-28-16-8-17-29-46/h3-40H,1H2,2H3/b9-4-,41-20+. The molecular formula is C55H43N3S. The van der Waals surface area contributed by atoms with Crippen molar-refractivity contribution < 1.29 is 0 Å². The van der Waals surface area contributed by atoms with Crippen LogP contribution in [0.3, 0.4) is 0 Å². The third-order valence-corrected chi connectivity index (χ3v) is 11.6. The summed E-state index contributed by atoms with van der Waals surface area (Å²) in [6.07, 6.45) is 7.94. The summed E-state index contributed by atoms with van der Waals surface area (Å²) in [5, 5.41) is 2.51. The van der Waals surface area contributed by atoms with Gasteiger partial charge in [0, 0.05) is 71.4 Å². The lowest BCUT2D eigenvalue weighted by atomic mass is 10.0. The van der Waals surface area contributed by atoms with Crippen LogP contribution in [0.25, 0.3) is 25.7 Å². The SMILES string of the molecule is C=C/C=C\C=C(/C)c1cccc(N(c2cccc(N(c3ccccc3)c3ccccc3)c2)c2ccc3c(c2)sc2cc(N(c4ccccc4)c4ccccc4)ccc23)c1. The van der Waals surface area contributed by atoms with Crippen LogP contribution in [0, 0.1) is 0 Å². The maximum absolute atomic E-state index is 3.84. The zero-order valence-electron chi connectivity index (χ0n) is 32.9. The second-order valence-corrected chi connectivity index (χ2v) is 15.4. The highest BCUT2D eigenvalue weighted by molar-refractivity contribution is 7.25. The minimum Gasteiger partial charge on any atom is -0.310 e. The van der Waals surface area contributed by atoms with Gasteiger partial charge in [-0.2, -0.15) is 0 Å². The van der Waals surface area contributed by atoms with Crippen LogP contribution in [0.1, 0.15) is 12.5 Å². The van der Waals surface area contributed by atoms with E-state index in [0.29, 0.717) is 0 Å². The van der Waals surface area contributed by atoms with Crippen molar-refractivity contribution in [2.75, 3.05) is 14.7 Å². The molecule has 3 nitrogen and oxygen atoms in total. The number of thiophene rings is 1. The van der Waals surface area contributed by atoms with Crippen molar-refractivity contribution in [3.05, 3.63) is 243 Å². The van der Waals surface area contributed by atoms with E-state index in [0.717, 1.165) is 56.7 Å². The highest BCUT2D eigenvalue weighted by atomic mass is 32.1. The maximum Gasteiger partial charge on any atom is 0.0482 e. The first-order chi connectivity index (χ1) is 29.1. The number of anilines is 9. The van der Waals surface area contributed by atoms with E-state index in [1.807, 2.05) is 23.5 Å². The van der Waals surface area contributed by atoms with Crippen molar-refractivity contribution in [2.24, 2.45) is 0 Å². The monoisotopic (exact) mass is 777 g/mol. The molecule has 0 aliphatic carbocycles.